The lowest BCUT2D eigenvalue weighted by Gasteiger charge is -2.24. The molecule has 1 atom stereocenters. The van der Waals surface area contributed by atoms with Gasteiger partial charge in [0, 0.05) is 60.8 Å². The van der Waals surface area contributed by atoms with Crippen LogP contribution in [0.25, 0.3) is 5.70 Å². The lowest BCUT2D eigenvalue weighted by atomic mass is 9.89. The Balaban J connectivity index is 1.90. The molecule has 0 spiro atoms. The molecule has 0 saturated heterocycles. The minimum Gasteiger partial charge on any atom is -0.485 e. The van der Waals surface area contributed by atoms with Gasteiger partial charge in [0.05, 0.1) is 5.71 Å². The van der Waals surface area contributed by atoms with Crippen molar-refractivity contribution in [2.45, 2.75) is 38.8 Å². The molecule has 1 unspecified atom stereocenters. The fourth-order valence-electron chi connectivity index (χ4n) is 4.00. The van der Waals surface area contributed by atoms with E-state index in [1.165, 1.54) is 25.0 Å². The van der Waals surface area contributed by atoms with Crippen LogP contribution in [0.3, 0.4) is 0 Å². The quantitative estimate of drug-likeness (QED) is 0.476. The maximum Gasteiger partial charge on any atom is 0.166 e. The molecule has 2 aliphatic rings. The van der Waals surface area contributed by atoms with E-state index < -0.39 is 0 Å². The van der Waals surface area contributed by atoms with Gasteiger partial charge in [-0.05, 0) is 61.1 Å². The molecule has 1 saturated carbocycles. The van der Waals surface area contributed by atoms with Crippen molar-refractivity contribution in [2.24, 2.45) is 11.7 Å². The Morgan fingerprint density at radius 1 is 1.33 bits per heavy atom. The summed E-state index contributed by atoms with van der Waals surface area (Å²) in [5, 5.41) is 15.6. The Kier molecular flexibility index (Phi) is 6.65. The summed E-state index contributed by atoms with van der Waals surface area (Å²) < 4.78 is 20.1. The maximum atomic E-state index is 14.1. The summed E-state index contributed by atoms with van der Waals surface area (Å²) in [4.78, 5) is 4.35. The van der Waals surface area contributed by atoms with Gasteiger partial charge in [-0.25, -0.2) is 9.37 Å². The second-order valence-electron chi connectivity index (χ2n) is 8.72. The first-order valence-corrected chi connectivity index (χ1v) is 11.2. The molecule has 4 rings (SSSR count). The number of halogens is 1. The van der Waals surface area contributed by atoms with Gasteiger partial charge in [0.1, 0.15) is 12.4 Å². The lowest BCUT2D eigenvalue weighted by Crippen LogP contribution is -2.27. The van der Waals surface area contributed by atoms with E-state index in [9.17, 15) is 4.39 Å². The number of nitrogens with zero attached hydrogens (tertiary/aromatic N) is 1. The van der Waals surface area contributed by atoms with E-state index in [0.717, 1.165) is 29.0 Å². The van der Waals surface area contributed by atoms with Crippen molar-refractivity contribution in [1.29, 1.82) is 5.41 Å². The number of benzene rings is 1. The van der Waals surface area contributed by atoms with Crippen LogP contribution in [0.4, 0.5) is 10.2 Å². The first-order valence-electron chi connectivity index (χ1n) is 11.2. The summed E-state index contributed by atoms with van der Waals surface area (Å²) in [7, 11) is 1.79. The first-order chi connectivity index (χ1) is 15.9. The van der Waals surface area contributed by atoms with Crippen LogP contribution in [0.5, 0.6) is 5.75 Å². The standard InChI is InChI=1S/C25H31FN6O/c1-14(27)21-8-16(11-30-2)23(28)20-6-5-19(26)7-18(20)13-33-22-9-17(12-32-25(22)29)24(21)31-10-15-3-4-15/h5-7,9,11-12,14-15,28,30-31H,3-4,8,10,13,27H2,1-2H3,(H2,29,32)/b16-11-,24-21-,28-23?. The number of rotatable bonds is 5. The number of nitrogen functional groups attached to an aromatic ring is 1. The normalized spacial score (nSPS) is 20.8. The average Bonchev–Trinajstić information content (AvgIpc) is 3.61. The lowest BCUT2D eigenvalue weighted by molar-refractivity contribution is 0.306. The molecule has 1 aromatic heterocycles. The number of fused-ring (bicyclic) bond motifs is 3. The van der Waals surface area contributed by atoms with E-state index in [-0.39, 0.29) is 30.0 Å². The van der Waals surface area contributed by atoms with Gasteiger partial charge < -0.3 is 26.8 Å². The third-order valence-corrected chi connectivity index (χ3v) is 6.05. The molecule has 1 fully saturated rings. The highest BCUT2D eigenvalue weighted by molar-refractivity contribution is 6.11. The Hall–Kier alpha value is -3.39. The van der Waals surface area contributed by atoms with Crippen molar-refractivity contribution in [2.75, 3.05) is 19.3 Å². The first kappa shape index (κ1) is 22.8. The van der Waals surface area contributed by atoms with E-state index in [1.807, 2.05) is 13.0 Å². The highest BCUT2D eigenvalue weighted by Gasteiger charge is 2.25. The van der Waals surface area contributed by atoms with Crippen LogP contribution in [0, 0.1) is 17.1 Å². The Morgan fingerprint density at radius 2 is 2.12 bits per heavy atom. The van der Waals surface area contributed by atoms with Gasteiger partial charge in [-0.15, -0.1) is 0 Å². The van der Waals surface area contributed by atoms with E-state index in [2.05, 4.69) is 15.6 Å². The Morgan fingerprint density at radius 3 is 2.82 bits per heavy atom. The average molecular weight is 451 g/mol. The largest absolute Gasteiger partial charge is 0.485 e. The Bertz CT molecular complexity index is 1120. The van der Waals surface area contributed by atoms with Gasteiger partial charge >= 0.3 is 0 Å². The zero-order chi connectivity index (χ0) is 23.5. The van der Waals surface area contributed by atoms with Crippen molar-refractivity contribution in [3.8, 4) is 5.75 Å². The van der Waals surface area contributed by atoms with Crippen molar-refractivity contribution in [1.82, 2.24) is 15.6 Å². The number of hydrogen-bond donors (Lipinski definition) is 5. The number of nitrogens with two attached hydrogens (primary N) is 2. The third-order valence-electron chi connectivity index (χ3n) is 6.05. The van der Waals surface area contributed by atoms with Crippen LogP contribution >= 0.6 is 0 Å². The molecule has 7 nitrogen and oxygen atoms in total. The zero-order valence-corrected chi connectivity index (χ0v) is 19.0. The molecule has 7 N–H and O–H groups in total. The number of hydrogen-bond acceptors (Lipinski definition) is 7. The monoisotopic (exact) mass is 450 g/mol. The SMILES string of the molecule is CN/C=C1/C/C(C(C)N)=C(/NCC2CC2)c2cnc(N)c(c2)OCc2cc(F)ccc2C1=N. The summed E-state index contributed by atoms with van der Waals surface area (Å²) in [6, 6.07) is 5.94. The predicted octanol–water partition coefficient (Wildman–Crippen LogP) is 3.31. The molecule has 2 bridgehead atoms. The summed E-state index contributed by atoms with van der Waals surface area (Å²) >= 11 is 0. The van der Waals surface area contributed by atoms with Crippen LogP contribution in [-0.4, -0.2) is 30.3 Å². The molecule has 1 aliphatic carbocycles. The van der Waals surface area contributed by atoms with E-state index >= 15 is 0 Å². The summed E-state index contributed by atoms with van der Waals surface area (Å²) in [6.07, 6.45) is 6.39. The summed E-state index contributed by atoms with van der Waals surface area (Å²) in [5.74, 6) is 0.927. The minimum absolute atomic E-state index is 0.0618. The zero-order valence-electron chi connectivity index (χ0n) is 19.0. The highest BCUT2D eigenvalue weighted by atomic mass is 19.1. The number of allylic oxidation sites excluding steroid dienone is 1. The van der Waals surface area contributed by atoms with Crippen molar-refractivity contribution < 1.29 is 9.13 Å². The van der Waals surface area contributed by atoms with Crippen LogP contribution in [0.15, 0.2) is 47.8 Å². The molecule has 1 aliphatic heterocycles. The van der Waals surface area contributed by atoms with Crippen molar-refractivity contribution in [3.05, 3.63) is 70.3 Å². The molecule has 8 heteroatoms. The van der Waals surface area contributed by atoms with E-state index in [0.29, 0.717) is 29.2 Å². The number of nitrogens with one attached hydrogen (secondary N) is 3. The second-order valence-corrected chi connectivity index (χ2v) is 8.72. The number of ether oxygens (including phenoxy) is 1. The molecular formula is C25H31FN6O. The molecule has 174 valence electrons. The van der Waals surface area contributed by atoms with Crippen LogP contribution < -0.4 is 26.8 Å². The molecule has 2 aromatic rings. The van der Waals surface area contributed by atoms with Crippen LogP contribution in [0.1, 0.15) is 42.9 Å². The summed E-state index contributed by atoms with van der Waals surface area (Å²) in [6.45, 7) is 2.84. The second kappa shape index (κ2) is 9.62. The Labute approximate surface area is 193 Å². The fraction of sp³-hybridized carbons (Fsp3) is 0.360. The number of anilines is 1. The molecule has 0 radical (unpaired) electrons. The van der Waals surface area contributed by atoms with Crippen molar-refractivity contribution in [3.63, 3.8) is 0 Å². The molecule has 33 heavy (non-hydrogen) atoms. The topological polar surface area (TPSA) is 122 Å². The molecule has 0 amide bonds. The van der Waals surface area contributed by atoms with Crippen molar-refractivity contribution >= 4 is 17.2 Å². The minimum atomic E-state index is -0.390. The molecule has 2 heterocycles. The molecule has 1 aromatic carbocycles. The van der Waals surface area contributed by atoms with E-state index in [1.54, 1.807) is 25.5 Å². The number of pyridine rings is 1. The van der Waals surface area contributed by atoms with E-state index in [4.69, 9.17) is 21.6 Å². The smallest absolute Gasteiger partial charge is 0.166 e. The third kappa shape index (κ3) is 5.17. The van der Waals surface area contributed by atoms with Gasteiger partial charge in [-0.1, -0.05) is 0 Å². The number of aromatic nitrogens is 1. The van der Waals surface area contributed by atoms with Gasteiger partial charge in [0.15, 0.2) is 11.6 Å². The van der Waals surface area contributed by atoms with Gasteiger partial charge in [0.25, 0.3) is 0 Å². The maximum absolute atomic E-state index is 14.1. The predicted molar refractivity (Wildman–Crippen MR) is 129 cm³/mol. The van der Waals surface area contributed by atoms with Gasteiger partial charge in [0.2, 0.25) is 0 Å². The van der Waals surface area contributed by atoms with Gasteiger partial charge in [-0.3, -0.25) is 5.41 Å². The summed E-state index contributed by atoms with van der Waals surface area (Å²) in [5.41, 5.74) is 17.4. The molecular weight excluding hydrogens is 419 g/mol. The fourth-order valence-corrected chi connectivity index (χ4v) is 4.00. The van der Waals surface area contributed by atoms with Gasteiger partial charge in [-0.2, -0.15) is 0 Å². The highest BCUT2D eigenvalue weighted by Crippen LogP contribution is 2.33. The van der Waals surface area contributed by atoms with Crippen LogP contribution in [0.2, 0.25) is 0 Å². The van der Waals surface area contributed by atoms with Crippen LogP contribution in [-0.2, 0) is 6.61 Å².